The number of halogens is 3. The summed E-state index contributed by atoms with van der Waals surface area (Å²) >= 11 is 0. The van der Waals surface area contributed by atoms with Gasteiger partial charge in [-0.25, -0.2) is 13.2 Å². The van der Waals surface area contributed by atoms with E-state index in [1.807, 2.05) is 44.2 Å². The number of nitrogens with two attached hydrogens (primary N) is 1. The zero-order chi connectivity index (χ0) is 32.1. The molecule has 44 heavy (non-hydrogen) atoms. The molecule has 7 nitrogen and oxygen atoms in total. The van der Waals surface area contributed by atoms with Crippen LogP contribution in [0.25, 0.3) is 11.1 Å². The van der Waals surface area contributed by atoms with E-state index in [-0.39, 0.29) is 12.0 Å². The Bertz CT molecular complexity index is 1500. The molecule has 232 valence electrons. The fourth-order valence-electron chi connectivity index (χ4n) is 4.78. The monoisotopic (exact) mass is 606 g/mol. The molecule has 3 atom stereocenters. The van der Waals surface area contributed by atoms with Crippen LogP contribution >= 0.6 is 0 Å². The number of nitrogens with zero attached hydrogens (tertiary/aromatic N) is 1. The molecule has 1 aliphatic heterocycles. The molecule has 2 amide bonds. The minimum absolute atomic E-state index is 0.0568. The molecule has 1 fully saturated rings. The van der Waals surface area contributed by atoms with Gasteiger partial charge in [0.2, 0.25) is 6.41 Å². The Morgan fingerprint density at radius 1 is 1.05 bits per heavy atom. The van der Waals surface area contributed by atoms with Crippen LogP contribution in [0.2, 0.25) is 0 Å². The molecule has 0 spiro atoms. The van der Waals surface area contributed by atoms with E-state index in [0.717, 1.165) is 43.0 Å². The van der Waals surface area contributed by atoms with Gasteiger partial charge in [0.15, 0.2) is 0 Å². The number of pyridine rings is 1. The highest BCUT2D eigenvalue weighted by Gasteiger charge is 2.22. The van der Waals surface area contributed by atoms with E-state index in [4.69, 9.17) is 10.5 Å². The number of hydrogen-bond acceptors (Lipinski definition) is 5. The Hall–Kier alpha value is -4.70. The normalized spacial score (nSPS) is 16.0. The van der Waals surface area contributed by atoms with Crippen molar-refractivity contribution < 1.29 is 27.5 Å². The first kappa shape index (κ1) is 33.8. The van der Waals surface area contributed by atoms with E-state index in [2.05, 4.69) is 22.5 Å². The van der Waals surface area contributed by atoms with Gasteiger partial charge >= 0.3 is 0 Å². The lowest BCUT2D eigenvalue weighted by molar-refractivity contribution is -0.110. The highest BCUT2D eigenvalue weighted by Crippen LogP contribution is 2.30. The molecule has 4 N–H and O–H groups in total. The van der Waals surface area contributed by atoms with E-state index < -0.39 is 29.4 Å². The molecule has 10 heteroatoms. The van der Waals surface area contributed by atoms with Crippen LogP contribution in [0.5, 0.6) is 5.75 Å². The van der Waals surface area contributed by atoms with Gasteiger partial charge in [-0.15, -0.1) is 0 Å². The number of carbonyl (C=O) groups is 2. The lowest BCUT2D eigenvalue weighted by Crippen LogP contribution is -2.23. The number of para-hydroxylation sites is 1. The molecule has 3 aromatic carbocycles. The van der Waals surface area contributed by atoms with Gasteiger partial charge < -0.3 is 21.1 Å². The van der Waals surface area contributed by atoms with Crippen LogP contribution in [0.4, 0.5) is 13.2 Å². The topological polar surface area (TPSA) is 106 Å². The van der Waals surface area contributed by atoms with Crippen molar-refractivity contribution in [1.29, 1.82) is 0 Å². The number of aromatic nitrogens is 1. The van der Waals surface area contributed by atoms with Crippen molar-refractivity contribution in [2.24, 2.45) is 5.73 Å². The molecule has 0 saturated carbocycles. The lowest BCUT2D eigenvalue weighted by atomic mass is 9.94. The van der Waals surface area contributed by atoms with Gasteiger partial charge in [0, 0.05) is 36.8 Å². The van der Waals surface area contributed by atoms with E-state index in [1.165, 1.54) is 18.3 Å². The summed E-state index contributed by atoms with van der Waals surface area (Å²) in [5.74, 6) is -2.19. The number of nitrogens with one attached hydrogen (secondary N) is 2. The van der Waals surface area contributed by atoms with Gasteiger partial charge in [0.05, 0.1) is 17.3 Å². The van der Waals surface area contributed by atoms with Crippen LogP contribution in [-0.4, -0.2) is 36.0 Å². The SMILES string of the molecule is CC.CC1CC(Oc2ccccc2)CN1.NC(=O)c1cc(-c2cccnc2C(Cc2cc(F)cc(F)c2)NC=O)ccc1F. The summed E-state index contributed by atoms with van der Waals surface area (Å²) in [5.41, 5.74) is 6.58. The molecule has 0 aliphatic carbocycles. The van der Waals surface area contributed by atoms with Gasteiger partial charge in [-0.3, -0.25) is 14.6 Å². The second kappa shape index (κ2) is 16.8. The highest BCUT2D eigenvalue weighted by molar-refractivity contribution is 5.94. The predicted octanol–water partition coefficient (Wildman–Crippen LogP) is 6.14. The van der Waals surface area contributed by atoms with Crippen molar-refractivity contribution in [3.63, 3.8) is 0 Å². The number of benzene rings is 3. The lowest BCUT2D eigenvalue weighted by Gasteiger charge is -2.19. The first-order valence-electron chi connectivity index (χ1n) is 14.4. The van der Waals surface area contributed by atoms with Crippen molar-refractivity contribution in [3.05, 3.63) is 119 Å². The first-order valence-corrected chi connectivity index (χ1v) is 14.4. The first-order chi connectivity index (χ1) is 21.2. The summed E-state index contributed by atoms with van der Waals surface area (Å²) in [5, 5.41) is 5.96. The Morgan fingerprint density at radius 3 is 2.36 bits per heavy atom. The van der Waals surface area contributed by atoms with Crippen molar-refractivity contribution in [1.82, 2.24) is 15.6 Å². The summed E-state index contributed by atoms with van der Waals surface area (Å²) in [4.78, 5) is 26.9. The van der Waals surface area contributed by atoms with Gasteiger partial charge in [-0.05, 0) is 66.9 Å². The van der Waals surface area contributed by atoms with E-state index >= 15 is 0 Å². The van der Waals surface area contributed by atoms with Crippen LogP contribution in [-0.2, 0) is 11.2 Å². The van der Waals surface area contributed by atoms with Crippen molar-refractivity contribution in [3.8, 4) is 16.9 Å². The average molecular weight is 607 g/mol. The summed E-state index contributed by atoms with van der Waals surface area (Å²) < 4.78 is 46.7. The van der Waals surface area contributed by atoms with Crippen LogP contribution in [0.1, 0.15) is 54.8 Å². The fourth-order valence-corrected chi connectivity index (χ4v) is 4.78. The molecule has 4 aromatic rings. The largest absolute Gasteiger partial charge is 0.489 e. The molecule has 5 rings (SSSR count). The zero-order valence-electron chi connectivity index (χ0n) is 24.9. The number of primary amides is 1. The minimum Gasteiger partial charge on any atom is -0.489 e. The molecule has 1 saturated heterocycles. The van der Waals surface area contributed by atoms with Crippen LogP contribution in [0, 0.1) is 17.5 Å². The molecule has 2 heterocycles. The van der Waals surface area contributed by atoms with Crippen LogP contribution in [0.3, 0.4) is 0 Å². The Morgan fingerprint density at radius 2 is 1.75 bits per heavy atom. The summed E-state index contributed by atoms with van der Waals surface area (Å²) in [7, 11) is 0. The molecule has 1 aromatic heterocycles. The van der Waals surface area contributed by atoms with Crippen molar-refractivity contribution in [2.75, 3.05) is 6.54 Å². The summed E-state index contributed by atoms with van der Waals surface area (Å²) in [6.45, 7) is 7.16. The summed E-state index contributed by atoms with van der Waals surface area (Å²) in [6.07, 6.45) is 3.45. The number of hydrogen-bond donors (Lipinski definition) is 3. The second-order valence-corrected chi connectivity index (χ2v) is 9.91. The Balaban J connectivity index is 0.000000292. The third-order valence-corrected chi connectivity index (χ3v) is 6.70. The number of rotatable bonds is 9. The molecule has 0 bridgehead atoms. The third-order valence-electron chi connectivity index (χ3n) is 6.70. The predicted molar refractivity (Wildman–Crippen MR) is 164 cm³/mol. The number of ether oxygens (including phenoxy) is 1. The standard InChI is InChI=1S/C21H16F3N3O2.C11H15NO.C2H6/c22-14-6-12(7-15(23)10-14)8-19(27-11-28)20-16(2-1-5-26-20)13-3-4-18(24)17(9-13)21(25)29;1-9-7-11(8-12-9)13-10-5-3-2-4-6-10;1-2/h1-7,9-11,19H,8H2,(H2,25,29)(H,27,28);2-6,9,11-12H,7-8H2,1H3;1-2H3. The van der Waals surface area contributed by atoms with Crippen molar-refractivity contribution >= 4 is 12.3 Å². The molecular weight excluding hydrogens is 569 g/mol. The van der Waals surface area contributed by atoms with E-state index in [1.54, 1.807) is 12.1 Å². The quantitative estimate of drug-likeness (QED) is 0.199. The van der Waals surface area contributed by atoms with E-state index in [9.17, 15) is 22.8 Å². The molecule has 0 radical (unpaired) electrons. The maximum atomic E-state index is 13.8. The molecule has 1 aliphatic rings. The smallest absolute Gasteiger partial charge is 0.251 e. The average Bonchev–Trinajstić information content (AvgIpc) is 3.42. The van der Waals surface area contributed by atoms with Crippen molar-refractivity contribution in [2.45, 2.75) is 51.8 Å². The van der Waals surface area contributed by atoms with Gasteiger partial charge in [0.1, 0.15) is 29.3 Å². The highest BCUT2D eigenvalue weighted by atomic mass is 19.1. The van der Waals surface area contributed by atoms with Gasteiger partial charge in [-0.1, -0.05) is 44.2 Å². The second-order valence-electron chi connectivity index (χ2n) is 9.91. The Labute approximate surface area is 255 Å². The van der Waals surface area contributed by atoms with Gasteiger partial charge in [-0.2, -0.15) is 0 Å². The van der Waals surface area contributed by atoms with Crippen LogP contribution in [0.15, 0.2) is 85.1 Å². The minimum atomic E-state index is -0.924. The maximum absolute atomic E-state index is 13.8. The third kappa shape index (κ3) is 9.67. The number of amides is 2. The molecular formula is C34H37F3N4O3. The summed E-state index contributed by atoms with van der Waals surface area (Å²) in [6, 6.07) is 20.1. The zero-order valence-corrected chi connectivity index (χ0v) is 24.9. The van der Waals surface area contributed by atoms with E-state index in [0.29, 0.717) is 40.9 Å². The molecule has 3 unspecified atom stereocenters. The number of carbonyl (C=O) groups excluding carboxylic acids is 2. The fraction of sp³-hybridized carbons (Fsp3) is 0.265. The van der Waals surface area contributed by atoms with Gasteiger partial charge in [0.25, 0.3) is 5.91 Å². The maximum Gasteiger partial charge on any atom is 0.251 e. The van der Waals surface area contributed by atoms with Crippen LogP contribution < -0.4 is 21.1 Å². The Kier molecular flexibility index (Phi) is 12.9.